The van der Waals surface area contributed by atoms with Crippen LogP contribution >= 0.6 is 0 Å². The summed E-state index contributed by atoms with van der Waals surface area (Å²) < 4.78 is 38.0. The maximum absolute atomic E-state index is 12.6. The SMILES string of the molecule is COc1ccc(C)cc1S(=O)(=O)NCCc1nc(-c2cccc(C)c2)no1. The van der Waals surface area contributed by atoms with Crippen molar-refractivity contribution in [1.29, 1.82) is 0 Å². The number of hydrogen-bond acceptors (Lipinski definition) is 6. The normalized spacial score (nSPS) is 11.5. The first kappa shape index (κ1) is 19.1. The molecule has 0 spiro atoms. The summed E-state index contributed by atoms with van der Waals surface area (Å²) in [5.74, 6) is 1.15. The van der Waals surface area contributed by atoms with Gasteiger partial charge in [0.05, 0.1) is 7.11 Å². The van der Waals surface area contributed by atoms with Gasteiger partial charge in [-0.15, -0.1) is 0 Å². The van der Waals surface area contributed by atoms with E-state index in [1.165, 1.54) is 7.11 Å². The number of benzene rings is 2. The van der Waals surface area contributed by atoms with Crippen LogP contribution in [0.4, 0.5) is 0 Å². The molecule has 0 fully saturated rings. The van der Waals surface area contributed by atoms with Crippen LogP contribution in [0.5, 0.6) is 5.75 Å². The van der Waals surface area contributed by atoms with Crippen LogP contribution < -0.4 is 9.46 Å². The van der Waals surface area contributed by atoms with Crippen molar-refractivity contribution in [2.75, 3.05) is 13.7 Å². The molecule has 1 N–H and O–H groups in total. The molecule has 0 unspecified atom stereocenters. The minimum absolute atomic E-state index is 0.107. The minimum atomic E-state index is -3.71. The van der Waals surface area contributed by atoms with Crippen LogP contribution in [-0.2, 0) is 16.4 Å². The first-order chi connectivity index (χ1) is 12.9. The molecular weight excluding hydrogens is 366 g/mol. The molecule has 0 atom stereocenters. The standard InChI is InChI=1S/C19H21N3O4S/c1-13-5-4-6-15(11-13)19-21-18(26-22-19)9-10-20-27(23,24)17-12-14(2)7-8-16(17)25-3/h4-8,11-12,20H,9-10H2,1-3H3. The molecule has 142 valence electrons. The van der Waals surface area contributed by atoms with Crippen LogP contribution in [0.25, 0.3) is 11.4 Å². The number of methoxy groups -OCH3 is 1. The van der Waals surface area contributed by atoms with Crippen molar-refractivity contribution in [1.82, 2.24) is 14.9 Å². The third kappa shape index (κ3) is 4.53. The van der Waals surface area contributed by atoms with Gasteiger partial charge in [-0.3, -0.25) is 0 Å². The molecule has 0 amide bonds. The Morgan fingerprint density at radius 3 is 2.63 bits per heavy atom. The van der Waals surface area contributed by atoms with Gasteiger partial charge in [0.2, 0.25) is 21.7 Å². The van der Waals surface area contributed by atoms with Gasteiger partial charge in [0.1, 0.15) is 10.6 Å². The third-order valence-electron chi connectivity index (χ3n) is 3.98. The summed E-state index contributed by atoms with van der Waals surface area (Å²) in [5.41, 5.74) is 2.78. The van der Waals surface area contributed by atoms with Crippen LogP contribution in [0.2, 0.25) is 0 Å². The molecule has 8 heteroatoms. The van der Waals surface area contributed by atoms with E-state index in [1.54, 1.807) is 18.2 Å². The van der Waals surface area contributed by atoms with Crippen molar-refractivity contribution in [3.8, 4) is 17.1 Å². The van der Waals surface area contributed by atoms with Gasteiger partial charge in [0.25, 0.3) is 0 Å². The zero-order valence-corrected chi connectivity index (χ0v) is 16.2. The first-order valence-electron chi connectivity index (χ1n) is 8.43. The van der Waals surface area contributed by atoms with Crippen molar-refractivity contribution >= 4 is 10.0 Å². The number of nitrogens with zero attached hydrogens (tertiary/aromatic N) is 2. The van der Waals surface area contributed by atoms with Crippen molar-refractivity contribution in [2.45, 2.75) is 25.2 Å². The molecule has 27 heavy (non-hydrogen) atoms. The molecule has 2 aromatic carbocycles. The van der Waals surface area contributed by atoms with Gasteiger partial charge < -0.3 is 9.26 Å². The number of hydrogen-bond donors (Lipinski definition) is 1. The lowest BCUT2D eigenvalue weighted by Crippen LogP contribution is -2.26. The topological polar surface area (TPSA) is 94.3 Å². The van der Waals surface area contributed by atoms with Gasteiger partial charge in [-0.2, -0.15) is 4.98 Å². The second-order valence-corrected chi connectivity index (χ2v) is 7.92. The Hall–Kier alpha value is -2.71. The molecule has 3 rings (SSSR count). The zero-order valence-electron chi connectivity index (χ0n) is 15.4. The number of aromatic nitrogens is 2. The molecule has 1 aromatic heterocycles. The van der Waals surface area contributed by atoms with E-state index < -0.39 is 10.0 Å². The Kier molecular flexibility index (Phi) is 5.57. The average Bonchev–Trinajstić information content (AvgIpc) is 3.10. The van der Waals surface area contributed by atoms with Crippen molar-refractivity contribution in [3.05, 3.63) is 59.5 Å². The Morgan fingerprint density at radius 2 is 1.89 bits per heavy atom. The number of rotatable bonds is 7. The van der Waals surface area contributed by atoms with E-state index in [0.717, 1.165) is 16.7 Å². The average molecular weight is 387 g/mol. The van der Waals surface area contributed by atoms with Gasteiger partial charge in [-0.25, -0.2) is 13.1 Å². The third-order valence-corrected chi connectivity index (χ3v) is 5.47. The highest BCUT2D eigenvalue weighted by Crippen LogP contribution is 2.24. The van der Waals surface area contributed by atoms with Crippen LogP contribution in [0.15, 0.2) is 51.9 Å². The molecule has 0 saturated heterocycles. The molecule has 0 saturated carbocycles. The van der Waals surface area contributed by atoms with E-state index in [4.69, 9.17) is 9.26 Å². The molecule has 1 heterocycles. The van der Waals surface area contributed by atoms with E-state index in [2.05, 4.69) is 14.9 Å². The maximum atomic E-state index is 12.6. The van der Waals surface area contributed by atoms with Gasteiger partial charge >= 0.3 is 0 Å². The smallest absolute Gasteiger partial charge is 0.244 e. The van der Waals surface area contributed by atoms with E-state index in [1.807, 2.05) is 38.1 Å². The van der Waals surface area contributed by atoms with Gasteiger partial charge in [0.15, 0.2) is 0 Å². The fourth-order valence-electron chi connectivity index (χ4n) is 2.62. The van der Waals surface area contributed by atoms with Crippen LogP contribution in [0.1, 0.15) is 17.0 Å². The molecule has 0 aliphatic carbocycles. The Morgan fingerprint density at radius 1 is 1.11 bits per heavy atom. The maximum Gasteiger partial charge on any atom is 0.244 e. The first-order valence-corrected chi connectivity index (χ1v) is 9.91. The molecule has 3 aromatic rings. The highest BCUT2D eigenvalue weighted by Gasteiger charge is 2.19. The summed E-state index contributed by atoms with van der Waals surface area (Å²) in [7, 11) is -2.27. The summed E-state index contributed by atoms with van der Waals surface area (Å²) in [6.45, 7) is 3.94. The van der Waals surface area contributed by atoms with E-state index in [0.29, 0.717) is 17.5 Å². The summed E-state index contributed by atoms with van der Waals surface area (Å²) in [6, 6.07) is 12.8. The largest absolute Gasteiger partial charge is 0.495 e. The van der Waals surface area contributed by atoms with Crippen LogP contribution in [0, 0.1) is 13.8 Å². The summed E-state index contributed by atoms with van der Waals surface area (Å²) in [4.78, 5) is 4.43. The van der Waals surface area contributed by atoms with Gasteiger partial charge in [-0.05, 0) is 37.6 Å². The number of nitrogens with one attached hydrogen (secondary N) is 1. The van der Waals surface area contributed by atoms with E-state index in [9.17, 15) is 8.42 Å². The Balaban J connectivity index is 1.67. The fourth-order valence-corrected chi connectivity index (χ4v) is 3.91. The zero-order chi connectivity index (χ0) is 19.4. The predicted octanol–water partition coefficient (Wildman–Crippen LogP) is 2.88. The van der Waals surface area contributed by atoms with Gasteiger partial charge in [0, 0.05) is 18.5 Å². The highest BCUT2D eigenvalue weighted by molar-refractivity contribution is 7.89. The van der Waals surface area contributed by atoms with E-state index in [-0.39, 0.29) is 17.9 Å². The van der Waals surface area contributed by atoms with Crippen molar-refractivity contribution in [3.63, 3.8) is 0 Å². The predicted molar refractivity (Wildman–Crippen MR) is 101 cm³/mol. The number of ether oxygens (including phenoxy) is 1. The number of sulfonamides is 1. The van der Waals surface area contributed by atoms with Crippen molar-refractivity contribution < 1.29 is 17.7 Å². The molecule has 0 radical (unpaired) electrons. The quantitative estimate of drug-likeness (QED) is 0.670. The Labute approximate surface area is 158 Å². The summed E-state index contributed by atoms with van der Waals surface area (Å²) in [6.07, 6.45) is 0.284. The Bertz CT molecular complexity index is 1040. The fraction of sp³-hybridized carbons (Fsp3) is 0.263. The van der Waals surface area contributed by atoms with Crippen molar-refractivity contribution in [2.24, 2.45) is 0 Å². The summed E-state index contributed by atoms with van der Waals surface area (Å²) >= 11 is 0. The lowest BCUT2D eigenvalue weighted by Gasteiger charge is -2.10. The number of aryl methyl sites for hydroxylation is 2. The lowest BCUT2D eigenvalue weighted by molar-refractivity contribution is 0.378. The molecule has 7 nitrogen and oxygen atoms in total. The second kappa shape index (κ2) is 7.89. The van der Waals surface area contributed by atoms with Crippen LogP contribution in [-0.4, -0.2) is 32.2 Å². The monoisotopic (exact) mass is 387 g/mol. The van der Waals surface area contributed by atoms with E-state index >= 15 is 0 Å². The molecule has 0 aliphatic rings. The lowest BCUT2D eigenvalue weighted by atomic mass is 10.1. The van der Waals surface area contributed by atoms with Gasteiger partial charge in [-0.1, -0.05) is 35.0 Å². The molecule has 0 aliphatic heterocycles. The second-order valence-electron chi connectivity index (χ2n) is 6.18. The van der Waals surface area contributed by atoms with Crippen LogP contribution in [0.3, 0.4) is 0 Å². The highest BCUT2D eigenvalue weighted by atomic mass is 32.2. The minimum Gasteiger partial charge on any atom is -0.495 e. The summed E-state index contributed by atoms with van der Waals surface area (Å²) in [5, 5.41) is 3.96. The molecular formula is C19H21N3O4S. The molecule has 0 bridgehead atoms.